The number of hydrogen-bond donors (Lipinski definition) is 1. The fraction of sp³-hybridized carbons (Fsp3) is 0.300. The summed E-state index contributed by atoms with van der Waals surface area (Å²) >= 11 is 0. The van der Waals surface area contributed by atoms with E-state index in [1.54, 1.807) is 12.1 Å². The summed E-state index contributed by atoms with van der Waals surface area (Å²) in [6.45, 7) is 0. The van der Waals surface area contributed by atoms with Crippen LogP contribution in [0.1, 0.15) is 5.56 Å². The Balaban J connectivity index is 2.26. The number of carbonyl (C=O) groups excluding carboxylic acids is 1. The van der Waals surface area contributed by atoms with Gasteiger partial charge in [-0.25, -0.2) is 9.18 Å². The van der Waals surface area contributed by atoms with E-state index >= 15 is 0 Å². The van der Waals surface area contributed by atoms with Crippen LogP contribution in [0, 0.1) is 5.82 Å². The number of nitrogens with one attached hydrogen (secondary N) is 1. The molecule has 1 aliphatic heterocycles. The molecule has 1 aliphatic rings. The number of benzene rings is 1. The summed E-state index contributed by atoms with van der Waals surface area (Å²) < 4.78 is 17.8. The molecular formula is C10H10FNO2. The number of methoxy groups -OCH3 is 1. The summed E-state index contributed by atoms with van der Waals surface area (Å²) in [5, 5.41) is 2.91. The van der Waals surface area contributed by atoms with Crippen LogP contribution in [0.25, 0.3) is 0 Å². The van der Waals surface area contributed by atoms with Gasteiger partial charge in [0.1, 0.15) is 11.9 Å². The Morgan fingerprint density at radius 1 is 1.64 bits per heavy atom. The summed E-state index contributed by atoms with van der Waals surface area (Å²) in [6, 6.07) is 4.30. The molecule has 0 amide bonds. The van der Waals surface area contributed by atoms with Crippen molar-refractivity contribution in [2.24, 2.45) is 0 Å². The summed E-state index contributed by atoms with van der Waals surface area (Å²) in [6.07, 6.45) is 0.356. The molecule has 1 N–H and O–H groups in total. The largest absolute Gasteiger partial charge is 0.467 e. The van der Waals surface area contributed by atoms with Gasteiger partial charge >= 0.3 is 5.97 Å². The second-order valence-corrected chi connectivity index (χ2v) is 3.19. The summed E-state index contributed by atoms with van der Waals surface area (Å²) in [5.74, 6) is -0.637. The van der Waals surface area contributed by atoms with Crippen molar-refractivity contribution in [1.29, 1.82) is 0 Å². The van der Waals surface area contributed by atoms with Gasteiger partial charge in [0.2, 0.25) is 0 Å². The van der Waals surface area contributed by atoms with Crippen molar-refractivity contribution in [1.82, 2.24) is 0 Å². The number of rotatable bonds is 1. The highest BCUT2D eigenvalue weighted by molar-refractivity contribution is 5.82. The van der Waals surface area contributed by atoms with E-state index < -0.39 is 6.04 Å². The van der Waals surface area contributed by atoms with Crippen molar-refractivity contribution in [2.45, 2.75) is 12.5 Å². The standard InChI is InChI=1S/C10H10FNO2/c1-14-10(13)9-5-6-7(11)3-2-4-8(6)12-9/h2-4,9,12H,5H2,1H3. The highest BCUT2D eigenvalue weighted by Gasteiger charge is 2.29. The molecule has 1 aromatic rings. The van der Waals surface area contributed by atoms with Crippen molar-refractivity contribution < 1.29 is 13.9 Å². The van der Waals surface area contributed by atoms with Crippen LogP contribution in [-0.4, -0.2) is 19.1 Å². The molecule has 0 aromatic heterocycles. The quantitative estimate of drug-likeness (QED) is 0.687. The second kappa shape index (κ2) is 3.29. The molecule has 3 nitrogen and oxygen atoms in total. The monoisotopic (exact) mass is 195 g/mol. The van der Waals surface area contributed by atoms with E-state index in [4.69, 9.17) is 0 Å². The predicted octanol–water partition coefficient (Wildman–Crippen LogP) is 1.34. The minimum atomic E-state index is -0.452. The lowest BCUT2D eigenvalue weighted by atomic mass is 10.1. The molecule has 4 heteroatoms. The number of esters is 1. The first-order valence-corrected chi connectivity index (χ1v) is 4.34. The number of ether oxygens (including phenoxy) is 1. The van der Waals surface area contributed by atoms with Gasteiger partial charge in [-0.3, -0.25) is 0 Å². The molecule has 14 heavy (non-hydrogen) atoms. The molecule has 0 radical (unpaired) electrons. The third-order valence-corrected chi connectivity index (χ3v) is 2.34. The lowest BCUT2D eigenvalue weighted by Crippen LogP contribution is -2.27. The number of fused-ring (bicyclic) bond motifs is 1. The molecule has 0 spiro atoms. The van der Waals surface area contributed by atoms with Crippen LogP contribution in [0.3, 0.4) is 0 Å². The van der Waals surface area contributed by atoms with Crippen LogP contribution in [-0.2, 0) is 16.0 Å². The smallest absolute Gasteiger partial charge is 0.328 e. The van der Waals surface area contributed by atoms with E-state index in [9.17, 15) is 9.18 Å². The minimum Gasteiger partial charge on any atom is -0.467 e. The van der Waals surface area contributed by atoms with Gasteiger partial charge < -0.3 is 10.1 Å². The van der Waals surface area contributed by atoms with E-state index in [0.717, 1.165) is 0 Å². The van der Waals surface area contributed by atoms with E-state index in [1.807, 2.05) is 0 Å². The molecule has 2 rings (SSSR count). The van der Waals surface area contributed by atoms with Crippen LogP contribution >= 0.6 is 0 Å². The number of anilines is 1. The zero-order chi connectivity index (χ0) is 10.1. The van der Waals surface area contributed by atoms with E-state index in [2.05, 4.69) is 10.1 Å². The van der Waals surface area contributed by atoms with Crippen LogP contribution in [0.2, 0.25) is 0 Å². The topological polar surface area (TPSA) is 38.3 Å². The Hall–Kier alpha value is -1.58. The van der Waals surface area contributed by atoms with Gasteiger partial charge in [-0.15, -0.1) is 0 Å². The first-order chi connectivity index (χ1) is 6.72. The maximum Gasteiger partial charge on any atom is 0.328 e. The number of hydrogen-bond acceptors (Lipinski definition) is 3. The lowest BCUT2D eigenvalue weighted by molar-refractivity contribution is -0.141. The van der Waals surface area contributed by atoms with E-state index in [-0.39, 0.29) is 11.8 Å². The van der Waals surface area contributed by atoms with Gasteiger partial charge in [0.25, 0.3) is 0 Å². The summed E-state index contributed by atoms with van der Waals surface area (Å²) in [5.41, 5.74) is 1.24. The predicted molar refractivity (Wildman–Crippen MR) is 49.5 cm³/mol. The van der Waals surface area contributed by atoms with Gasteiger partial charge in [-0.1, -0.05) is 6.07 Å². The maximum absolute atomic E-state index is 13.2. The molecule has 0 fully saturated rings. The zero-order valence-electron chi connectivity index (χ0n) is 7.71. The Morgan fingerprint density at radius 2 is 2.43 bits per heavy atom. The van der Waals surface area contributed by atoms with Gasteiger partial charge in [-0.05, 0) is 12.1 Å². The van der Waals surface area contributed by atoms with Crippen molar-refractivity contribution in [2.75, 3.05) is 12.4 Å². The molecule has 0 saturated carbocycles. The minimum absolute atomic E-state index is 0.276. The first-order valence-electron chi connectivity index (χ1n) is 4.34. The van der Waals surface area contributed by atoms with Crippen molar-refractivity contribution >= 4 is 11.7 Å². The van der Waals surface area contributed by atoms with Gasteiger partial charge in [0.15, 0.2) is 0 Å². The van der Waals surface area contributed by atoms with Gasteiger partial charge in [0.05, 0.1) is 7.11 Å². The Kier molecular flexibility index (Phi) is 2.11. The van der Waals surface area contributed by atoms with Crippen molar-refractivity contribution in [3.8, 4) is 0 Å². The molecule has 1 unspecified atom stereocenters. The molecule has 0 aliphatic carbocycles. The highest BCUT2D eigenvalue weighted by atomic mass is 19.1. The summed E-state index contributed by atoms with van der Waals surface area (Å²) in [7, 11) is 1.32. The fourth-order valence-corrected chi connectivity index (χ4v) is 1.63. The Labute approximate surface area is 80.9 Å². The molecule has 74 valence electrons. The van der Waals surface area contributed by atoms with Crippen LogP contribution < -0.4 is 5.32 Å². The lowest BCUT2D eigenvalue weighted by Gasteiger charge is -2.07. The van der Waals surface area contributed by atoms with Crippen LogP contribution in [0.15, 0.2) is 18.2 Å². The van der Waals surface area contributed by atoms with Crippen LogP contribution in [0.5, 0.6) is 0 Å². The van der Waals surface area contributed by atoms with E-state index in [0.29, 0.717) is 17.7 Å². The maximum atomic E-state index is 13.2. The normalized spacial score (nSPS) is 18.6. The number of halogens is 1. The molecule has 1 heterocycles. The van der Waals surface area contributed by atoms with Gasteiger partial charge in [-0.2, -0.15) is 0 Å². The van der Waals surface area contributed by atoms with Gasteiger partial charge in [0, 0.05) is 17.7 Å². The average molecular weight is 195 g/mol. The Bertz CT molecular complexity index is 378. The highest BCUT2D eigenvalue weighted by Crippen LogP contribution is 2.28. The summed E-state index contributed by atoms with van der Waals surface area (Å²) in [4.78, 5) is 11.2. The van der Waals surface area contributed by atoms with E-state index in [1.165, 1.54) is 13.2 Å². The SMILES string of the molecule is COC(=O)C1Cc2c(F)cccc2N1. The van der Waals surface area contributed by atoms with Crippen molar-refractivity contribution in [3.63, 3.8) is 0 Å². The molecule has 1 atom stereocenters. The van der Waals surface area contributed by atoms with Crippen molar-refractivity contribution in [3.05, 3.63) is 29.6 Å². The molecule has 0 saturated heterocycles. The third kappa shape index (κ3) is 1.32. The number of carbonyl (C=O) groups is 1. The fourth-order valence-electron chi connectivity index (χ4n) is 1.63. The first kappa shape index (κ1) is 8.99. The Morgan fingerprint density at radius 3 is 3.07 bits per heavy atom. The zero-order valence-corrected chi connectivity index (χ0v) is 7.71. The average Bonchev–Trinajstić information content (AvgIpc) is 2.62. The molecular weight excluding hydrogens is 185 g/mol. The third-order valence-electron chi connectivity index (χ3n) is 2.34. The second-order valence-electron chi connectivity index (χ2n) is 3.19. The molecule has 1 aromatic carbocycles. The molecule has 0 bridgehead atoms. The van der Waals surface area contributed by atoms with Crippen LogP contribution in [0.4, 0.5) is 10.1 Å².